The van der Waals surface area contributed by atoms with Gasteiger partial charge in [0, 0.05) is 35.7 Å². The quantitative estimate of drug-likeness (QED) is 0.129. The van der Waals surface area contributed by atoms with Gasteiger partial charge in [-0.3, -0.25) is 10.1 Å². The molecule has 0 bridgehead atoms. The zero-order valence-electron chi connectivity index (χ0n) is 26.6. The number of carbonyl (C=O) groups is 2. The highest BCUT2D eigenvalue weighted by molar-refractivity contribution is 7.90. The molecule has 3 amide bonds. The molecule has 5 rings (SSSR count). The fraction of sp³-hybridized carbons (Fsp3) is 0.257. The first-order valence-corrected chi connectivity index (χ1v) is 17.4. The van der Waals surface area contributed by atoms with Gasteiger partial charge in [0.05, 0.1) is 22.8 Å². The third kappa shape index (κ3) is 9.17. The highest BCUT2D eigenvalue weighted by Crippen LogP contribution is 2.32. The number of aryl methyl sites for hydroxylation is 2. The van der Waals surface area contributed by atoms with Crippen LogP contribution in [-0.2, 0) is 27.7 Å². The lowest BCUT2D eigenvalue weighted by atomic mass is 10.1. The highest BCUT2D eigenvalue weighted by Gasteiger charge is 2.15. The van der Waals surface area contributed by atoms with Crippen molar-refractivity contribution < 1.29 is 22.7 Å². The van der Waals surface area contributed by atoms with Crippen molar-refractivity contribution in [1.82, 2.24) is 14.8 Å². The molecule has 0 radical (unpaired) electrons. The van der Waals surface area contributed by atoms with E-state index < -0.39 is 21.8 Å². The number of sulfone groups is 1. The maximum absolute atomic E-state index is 13.3. The summed E-state index contributed by atoms with van der Waals surface area (Å²) in [6.45, 7) is 4.35. The molecule has 3 aromatic carbocycles. The Morgan fingerprint density at radius 2 is 1.68 bits per heavy atom. The topological polar surface area (TPSA) is 144 Å². The van der Waals surface area contributed by atoms with E-state index in [1.54, 1.807) is 35.1 Å². The molecule has 0 aliphatic carbocycles. The van der Waals surface area contributed by atoms with Gasteiger partial charge in [0.1, 0.15) is 33.8 Å². The number of amides is 3. The molecule has 0 unspecified atom stereocenters. The number of anilines is 3. The molecule has 5 aromatic rings. The number of urea groups is 1. The second kappa shape index (κ2) is 14.9. The van der Waals surface area contributed by atoms with Crippen LogP contribution in [0.3, 0.4) is 0 Å². The molecule has 0 saturated heterocycles. The van der Waals surface area contributed by atoms with E-state index in [1.807, 2.05) is 61.5 Å². The van der Waals surface area contributed by atoms with E-state index in [9.17, 15) is 18.0 Å². The molecule has 0 fully saturated rings. The van der Waals surface area contributed by atoms with Gasteiger partial charge >= 0.3 is 6.03 Å². The zero-order chi connectivity index (χ0) is 33.4. The lowest BCUT2D eigenvalue weighted by molar-refractivity contribution is -0.115. The molecule has 0 atom stereocenters. The maximum Gasteiger partial charge on any atom is 0.324 e. The summed E-state index contributed by atoms with van der Waals surface area (Å²) in [6, 6.07) is 24.1. The average molecular weight is 655 g/mol. The Morgan fingerprint density at radius 3 is 2.43 bits per heavy atom. The number of nitrogens with one attached hydrogen (secondary N) is 3. The summed E-state index contributed by atoms with van der Waals surface area (Å²) in [5, 5.41) is 15.0. The Morgan fingerprint density at radius 1 is 0.915 bits per heavy atom. The first-order valence-electron chi connectivity index (χ1n) is 15.4. The molecule has 2 heterocycles. The molecule has 244 valence electrons. The van der Waals surface area contributed by atoms with Crippen molar-refractivity contribution in [3.63, 3.8) is 0 Å². The van der Waals surface area contributed by atoms with E-state index in [0.29, 0.717) is 23.1 Å². The van der Waals surface area contributed by atoms with Crippen LogP contribution in [0.15, 0.2) is 85.1 Å². The van der Waals surface area contributed by atoms with Gasteiger partial charge in [0.2, 0.25) is 5.91 Å². The summed E-state index contributed by atoms with van der Waals surface area (Å²) >= 11 is 0. The smallest absolute Gasteiger partial charge is 0.324 e. The van der Waals surface area contributed by atoms with E-state index >= 15 is 0 Å². The minimum atomic E-state index is -3.25. The molecule has 0 spiro atoms. The Hall–Kier alpha value is -5.23. The summed E-state index contributed by atoms with van der Waals surface area (Å²) in [5.41, 5.74) is 4.27. The number of nitrogens with zero attached hydrogens (tertiary/aromatic N) is 3. The van der Waals surface area contributed by atoms with E-state index in [-0.39, 0.29) is 18.8 Å². The average Bonchev–Trinajstić information content (AvgIpc) is 3.44. The second-order valence-electron chi connectivity index (χ2n) is 11.4. The van der Waals surface area contributed by atoms with Crippen LogP contribution in [0, 0.1) is 6.92 Å². The van der Waals surface area contributed by atoms with Gasteiger partial charge in [-0.2, -0.15) is 5.10 Å². The monoisotopic (exact) mass is 654 g/mol. The number of aromatic nitrogens is 3. The lowest BCUT2D eigenvalue weighted by Crippen LogP contribution is -2.21. The van der Waals surface area contributed by atoms with Crippen LogP contribution in [0.5, 0.6) is 5.75 Å². The van der Waals surface area contributed by atoms with Crippen molar-refractivity contribution >= 4 is 49.9 Å². The van der Waals surface area contributed by atoms with Crippen molar-refractivity contribution in [2.45, 2.75) is 46.1 Å². The minimum Gasteiger partial charge on any atom is -0.488 e. The molecule has 0 aliphatic heterocycles. The number of fused-ring (bicyclic) bond motifs is 1. The largest absolute Gasteiger partial charge is 0.488 e. The van der Waals surface area contributed by atoms with Gasteiger partial charge < -0.3 is 15.4 Å². The van der Waals surface area contributed by atoms with Crippen LogP contribution in [0.2, 0.25) is 0 Å². The second-order valence-corrected chi connectivity index (χ2v) is 13.6. The third-order valence-corrected chi connectivity index (χ3v) is 8.33. The normalized spacial score (nSPS) is 11.3. The molecule has 47 heavy (non-hydrogen) atoms. The fourth-order valence-corrected chi connectivity index (χ4v) is 5.49. The van der Waals surface area contributed by atoms with Gasteiger partial charge in [0.15, 0.2) is 0 Å². The fourth-order valence-electron chi connectivity index (χ4n) is 4.94. The summed E-state index contributed by atoms with van der Waals surface area (Å²) in [6.07, 6.45) is 5.35. The van der Waals surface area contributed by atoms with E-state index in [4.69, 9.17) is 9.84 Å². The standard InChI is InChI=1S/C35H38N6O5S/c1-4-5-8-26-22-33(41(40-26)27-13-11-24(2)12-14-27)39-35(43)37-30-15-16-31(29-10-7-6-9-28(29)30)46-23-25-17-19-36-32(21-25)38-34(42)18-20-47(3,44)45/h6-7,9-17,19,21-22H,4-5,8,18,20,23H2,1-3H3,(H,36,38,42)(H2,37,39,43). The number of hydrogen-bond donors (Lipinski definition) is 3. The van der Waals surface area contributed by atoms with Crippen molar-refractivity contribution in [2.75, 3.05) is 28.0 Å². The van der Waals surface area contributed by atoms with Gasteiger partial charge in [-0.25, -0.2) is 22.9 Å². The van der Waals surface area contributed by atoms with Crippen molar-refractivity contribution in [3.8, 4) is 11.4 Å². The van der Waals surface area contributed by atoms with E-state index in [0.717, 1.165) is 58.8 Å². The highest BCUT2D eigenvalue weighted by atomic mass is 32.2. The zero-order valence-corrected chi connectivity index (χ0v) is 27.4. The first-order chi connectivity index (χ1) is 22.6. The maximum atomic E-state index is 13.3. The van der Waals surface area contributed by atoms with Crippen LogP contribution in [0.4, 0.5) is 22.1 Å². The van der Waals surface area contributed by atoms with Crippen LogP contribution in [0.1, 0.15) is 43.0 Å². The number of hydrogen-bond acceptors (Lipinski definition) is 7. The van der Waals surface area contributed by atoms with Gasteiger partial charge in [0.25, 0.3) is 0 Å². The number of unbranched alkanes of at least 4 members (excludes halogenated alkanes) is 1. The summed E-state index contributed by atoms with van der Waals surface area (Å²) in [4.78, 5) is 29.6. The van der Waals surface area contributed by atoms with E-state index in [2.05, 4.69) is 27.9 Å². The predicted octanol–water partition coefficient (Wildman–Crippen LogP) is 6.67. The van der Waals surface area contributed by atoms with Gasteiger partial charge in [-0.1, -0.05) is 55.3 Å². The molecule has 2 aromatic heterocycles. The number of pyridine rings is 1. The number of rotatable bonds is 13. The Kier molecular flexibility index (Phi) is 10.5. The van der Waals surface area contributed by atoms with Gasteiger partial charge in [-0.15, -0.1) is 0 Å². The summed E-state index contributed by atoms with van der Waals surface area (Å²) in [5.74, 6) is 0.821. The predicted molar refractivity (Wildman–Crippen MR) is 185 cm³/mol. The minimum absolute atomic E-state index is 0.151. The van der Waals surface area contributed by atoms with Crippen molar-refractivity contribution in [2.24, 2.45) is 0 Å². The van der Waals surface area contributed by atoms with Crippen molar-refractivity contribution in [3.05, 3.63) is 102 Å². The number of ether oxygens (including phenoxy) is 1. The molecular weight excluding hydrogens is 616 g/mol. The SMILES string of the molecule is CCCCc1cc(NC(=O)Nc2ccc(OCc3ccnc(NC(=O)CCS(C)(=O)=O)c3)c3ccccc23)n(-c2ccc(C)cc2)n1. The molecule has 0 aliphatic rings. The number of benzene rings is 3. The van der Waals surface area contributed by atoms with Gasteiger partial charge in [-0.05, 0) is 61.7 Å². The summed E-state index contributed by atoms with van der Waals surface area (Å²) in [7, 11) is -3.25. The molecule has 0 saturated carbocycles. The third-order valence-electron chi connectivity index (χ3n) is 7.38. The number of carbonyl (C=O) groups excluding carboxylic acids is 2. The lowest BCUT2D eigenvalue weighted by Gasteiger charge is -2.15. The van der Waals surface area contributed by atoms with Crippen LogP contribution in [-0.4, -0.2) is 47.1 Å². The Labute approximate surface area is 274 Å². The first kappa shape index (κ1) is 33.1. The molecule has 3 N–H and O–H groups in total. The molecular formula is C35H38N6O5S. The van der Waals surface area contributed by atoms with Crippen LogP contribution < -0.4 is 20.7 Å². The van der Waals surface area contributed by atoms with Crippen LogP contribution >= 0.6 is 0 Å². The molecule has 12 heteroatoms. The van der Waals surface area contributed by atoms with Crippen LogP contribution in [0.25, 0.3) is 16.5 Å². The van der Waals surface area contributed by atoms with E-state index in [1.165, 1.54) is 0 Å². The van der Waals surface area contributed by atoms with Crippen molar-refractivity contribution in [1.29, 1.82) is 0 Å². The Balaban J connectivity index is 1.28. The Bertz CT molecular complexity index is 1990. The molecule has 11 nitrogen and oxygen atoms in total. The summed E-state index contributed by atoms with van der Waals surface area (Å²) < 4.78 is 30.6.